The molecule has 1 saturated heterocycles. The largest absolute Gasteiger partial charge is 0.394 e. The van der Waals surface area contributed by atoms with Gasteiger partial charge in [-0.2, -0.15) is 0 Å². The lowest BCUT2D eigenvalue weighted by atomic mass is 10.0. The van der Waals surface area contributed by atoms with Crippen LogP contribution in [0.2, 0.25) is 0 Å². The summed E-state index contributed by atoms with van der Waals surface area (Å²) in [6, 6.07) is 7.14. The van der Waals surface area contributed by atoms with Gasteiger partial charge in [0.05, 0.1) is 19.2 Å². The molecule has 0 bridgehead atoms. The number of carbonyl (C=O) groups is 2. The molecule has 1 atom stereocenters. The van der Waals surface area contributed by atoms with Crippen LogP contribution in [0.3, 0.4) is 0 Å². The molecule has 1 fully saturated rings. The predicted molar refractivity (Wildman–Crippen MR) is 80.0 cm³/mol. The molecule has 1 aromatic carbocycles. The first-order valence-corrected chi connectivity index (χ1v) is 7.37. The number of nitrogens with zero attached hydrogens (tertiary/aromatic N) is 1. The Hall–Kier alpha value is -1.88. The molecule has 2 N–H and O–H groups in total. The average molecular weight is 290 g/mol. The smallest absolute Gasteiger partial charge is 0.251 e. The number of piperidine rings is 1. The molecule has 0 saturated carbocycles. The van der Waals surface area contributed by atoms with E-state index in [1.54, 1.807) is 17.0 Å². The molecular formula is C16H22N2O3. The van der Waals surface area contributed by atoms with E-state index in [1.807, 2.05) is 19.1 Å². The number of aryl methyl sites for hydroxylation is 1. The van der Waals surface area contributed by atoms with Crippen LogP contribution in [0.15, 0.2) is 24.3 Å². The monoisotopic (exact) mass is 290 g/mol. The number of carbonyl (C=O) groups excluding carboxylic acids is 2. The second kappa shape index (κ2) is 7.22. The van der Waals surface area contributed by atoms with E-state index in [0.717, 1.165) is 24.8 Å². The number of hydrogen-bond donors (Lipinski definition) is 2. The van der Waals surface area contributed by atoms with Crippen molar-refractivity contribution in [3.8, 4) is 0 Å². The summed E-state index contributed by atoms with van der Waals surface area (Å²) in [6.45, 7) is 2.53. The van der Waals surface area contributed by atoms with Gasteiger partial charge in [-0.1, -0.05) is 17.7 Å². The standard InChI is InChI=1S/C16H22N2O3/c1-12-5-4-6-13(9-12)16(21)17-10-15(20)18-8-3-2-7-14(18)11-19/h4-6,9,14,19H,2-3,7-8,10-11H2,1H3,(H,17,21). The number of aliphatic hydroxyl groups excluding tert-OH is 1. The van der Waals surface area contributed by atoms with Gasteiger partial charge in [-0.25, -0.2) is 0 Å². The maximum Gasteiger partial charge on any atom is 0.251 e. The molecule has 21 heavy (non-hydrogen) atoms. The minimum absolute atomic E-state index is 0.0163. The molecule has 1 aliphatic rings. The Balaban J connectivity index is 1.90. The molecule has 114 valence electrons. The fraction of sp³-hybridized carbons (Fsp3) is 0.500. The van der Waals surface area contributed by atoms with Crippen molar-refractivity contribution in [2.24, 2.45) is 0 Å². The van der Waals surface area contributed by atoms with Gasteiger partial charge >= 0.3 is 0 Å². The molecule has 0 spiro atoms. The van der Waals surface area contributed by atoms with Crippen LogP contribution in [0, 0.1) is 6.92 Å². The summed E-state index contributed by atoms with van der Waals surface area (Å²) in [4.78, 5) is 25.9. The Morgan fingerprint density at radius 2 is 2.19 bits per heavy atom. The highest BCUT2D eigenvalue weighted by Crippen LogP contribution is 2.16. The van der Waals surface area contributed by atoms with Crippen LogP contribution in [-0.2, 0) is 4.79 Å². The summed E-state index contributed by atoms with van der Waals surface area (Å²) in [5.41, 5.74) is 1.56. The number of aliphatic hydroxyl groups is 1. The van der Waals surface area contributed by atoms with Gasteiger partial charge < -0.3 is 15.3 Å². The van der Waals surface area contributed by atoms with Crippen LogP contribution >= 0.6 is 0 Å². The highest BCUT2D eigenvalue weighted by molar-refractivity contribution is 5.96. The summed E-state index contributed by atoms with van der Waals surface area (Å²) in [5, 5.41) is 12.0. The SMILES string of the molecule is Cc1cccc(C(=O)NCC(=O)N2CCCCC2CO)c1. The zero-order valence-corrected chi connectivity index (χ0v) is 12.3. The number of amides is 2. The first-order valence-electron chi connectivity index (χ1n) is 7.37. The van der Waals surface area contributed by atoms with Crippen LogP contribution in [-0.4, -0.2) is 47.6 Å². The van der Waals surface area contributed by atoms with Gasteiger partial charge in [0, 0.05) is 12.1 Å². The minimum atomic E-state index is -0.246. The topological polar surface area (TPSA) is 69.6 Å². The lowest BCUT2D eigenvalue weighted by Gasteiger charge is -2.34. The van der Waals surface area contributed by atoms with E-state index in [0.29, 0.717) is 12.1 Å². The van der Waals surface area contributed by atoms with Gasteiger partial charge in [0.25, 0.3) is 5.91 Å². The van der Waals surface area contributed by atoms with Crippen molar-refractivity contribution in [3.63, 3.8) is 0 Å². The first-order chi connectivity index (χ1) is 10.1. The van der Waals surface area contributed by atoms with Crippen LogP contribution in [0.1, 0.15) is 35.2 Å². The molecule has 1 aromatic rings. The molecule has 5 heteroatoms. The molecule has 0 radical (unpaired) electrons. The quantitative estimate of drug-likeness (QED) is 0.872. The van der Waals surface area contributed by atoms with E-state index >= 15 is 0 Å². The van der Waals surface area contributed by atoms with Gasteiger partial charge in [-0.15, -0.1) is 0 Å². The van der Waals surface area contributed by atoms with E-state index in [2.05, 4.69) is 5.32 Å². The molecule has 0 aliphatic carbocycles. The third-order valence-corrected chi connectivity index (χ3v) is 3.84. The summed E-state index contributed by atoms with van der Waals surface area (Å²) >= 11 is 0. The number of rotatable bonds is 4. The highest BCUT2D eigenvalue weighted by atomic mass is 16.3. The Bertz CT molecular complexity index is 516. The molecule has 2 amide bonds. The highest BCUT2D eigenvalue weighted by Gasteiger charge is 2.26. The Kier molecular flexibility index (Phi) is 5.33. The van der Waals surface area contributed by atoms with E-state index in [9.17, 15) is 14.7 Å². The minimum Gasteiger partial charge on any atom is -0.394 e. The molecule has 1 unspecified atom stereocenters. The number of benzene rings is 1. The fourth-order valence-electron chi connectivity index (χ4n) is 2.66. The second-order valence-corrected chi connectivity index (χ2v) is 5.47. The number of nitrogens with one attached hydrogen (secondary N) is 1. The maximum absolute atomic E-state index is 12.2. The van der Waals surface area contributed by atoms with Crippen molar-refractivity contribution in [1.82, 2.24) is 10.2 Å². The van der Waals surface area contributed by atoms with Crippen molar-refractivity contribution in [2.45, 2.75) is 32.2 Å². The predicted octanol–water partition coefficient (Wildman–Crippen LogP) is 1.10. The van der Waals surface area contributed by atoms with Crippen LogP contribution in [0.25, 0.3) is 0 Å². The maximum atomic E-state index is 12.2. The summed E-state index contributed by atoms with van der Waals surface area (Å²) < 4.78 is 0. The number of hydrogen-bond acceptors (Lipinski definition) is 3. The molecule has 1 heterocycles. The van der Waals surface area contributed by atoms with Gasteiger partial charge in [0.1, 0.15) is 0 Å². The molecule has 0 aromatic heterocycles. The van der Waals surface area contributed by atoms with Crippen molar-refractivity contribution in [1.29, 1.82) is 0 Å². The van der Waals surface area contributed by atoms with Gasteiger partial charge in [0.2, 0.25) is 5.91 Å². The third-order valence-electron chi connectivity index (χ3n) is 3.84. The number of likely N-dealkylation sites (tertiary alicyclic amines) is 1. The summed E-state index contributed by atoms with van der Waals surface area (Å²) in [5.74, 6) is -0.376. The first kappa shape index (κ1) is 15.5. The second-order valence-electron chi connectivity index (χ2n) is 5.47. The Morgan fingerprint density at radius 1 is 1.38 bits per heavy atom. The molecule has 2 rings (SSSR count). The van der Waals surface area contributed by atoms with Gasteiger partial charge in [-0.3, -0.25) is 9.59 Å². The van der Waals surface area contributed by atoms with E-state index in [-0.39, 0.29) is 31.0 Å². The molecular weight excluding hydrogens is 268 g/mol. The molecule has 1 aliphatic heterocycles. The molecule has 5 nitrogen and oxygen atoms in total. The normalized spacial score (nSPS) is 18.4. The third kappa shape index (κ3) is 4.04. The van der Waals surface area contributed by atoms with Crippen LogP contribution in [0.5, 0.6) is 0 Å². The van der Waals surface area contributed by atoms with E-state index in [4.69, 9.17) is 0 Å². The zero-order valence-electron chi connectivity index (χ0n) is 12.3. The zero-order chi connectivity index (χ0) is 15.2. The van der Waals surface area contributed by atoms with Crippen LogP contribution in [0.4, 0.5) is 0 Å². The average Bonchev–Trinajstić information content (AvgIpc) is 2.52. The summed E-state index contributed by atoms with van der Waals surface area (Å²) in [7, 11) is 0. The van der Waals surface area contributed by atoms with Crippen molar-refractivity contribution < 1.29 is 14.7 Å². The lowest BCUT2D eigenvalue weighted by molar-refractivity contribution is -0.134. The Morgan fingerprint density at radius 3 is 2.90 bits per heavy atom. The van der Waals surface area contributed by atoms with E-state index < -0.39 is 0 Å². The van der Waals surface area contributed by atoms with Crippen molar-refractivity contribution in [3.05, 3.63) is 35.4 Å². The van der Waals surface area contributed by atoms with E-state index in [1.165, 1.54) is 0 Å². The van der Waals surface area contributed by atoms with Crippen molar-refractivity contribution in [2.75, 3.05) is 19.7 Å². The lowest BCUT2D eigenvalue weighted by Crippen LogP contribution is -2.49. The summed E-state index contributed by atoms with van der Waals surface area (Å²) in [6.07, 6.45) is 2.81. The van der Waals surface area contributed by atoms with Gasteiger partial charge in [-0.05, 0) is 38.3 Å². The fourth-order valence-corrected chi connectivity index (χ4v) is 2.66. The van der Waals surface area contributed by atoms with Crippen LogP contribution < -0.4 is 5.32 Å². The Labute approximate surface area is 125 Å². The van der Waals surface area contributed by atoms with Gasteiger partial charge in [0.15, 0.2) is 0 Å². The van der Waals surface area contributed by atoms with Crippen molar-refractivity contribution >= 4 is 11.8 Å².